The number of carbonyl (C=O) groups is 2. The molecule has 0 spiro atoms. The smallest absolute Gasteiger partial charge is 0.254 e. The number of benzene rings is 1. The molecule has 1 aromatic rings. The zero-order valence-electron chi connectivity index (χ0n) is 15.8. The molecular weight excluding hydrogens is 320 g/mol. The maximum absolute atomic E-state index is 12.7. The van der Waals surface area contributed by atoms with Crippen LogP contribution in [-0.4, -0.2) is 62.0 Å². The molecule has 6 heteroatoms. The molecule has 1 aliphatic heterocycles. The Balaban J connectivity index is 1.98. The van der Waals surface area contributed by atoms with Gasteiger partial charge in [-0.2, -0.15) is 0 Å². The Morgan fingerprint density at radius 2 is 1.52 bits per heavy atom. The predicted octanol–water partition coefficient (Wildman–Crippen LogP) is 2.42. The van der Waals surface area contributed by atoms with E-state index in [4.69, 9.17) is 9.47 Å². The highest BCUT2D eigenvalue weighted by Crippen LogP contribution is 2.28. The van der Waals surface area contributed by atoms with E-state index in [-0.39, 0.29) is 17.2 Å². The molecule has 1 aromatic carbocycles. The van der Waals surface area contributed by atoms with Crippen molar-refractivity contribution in [2.45, 2.75) is 27.2 Å². The fourth-order valence-electron chi connectivity index (χ4n) is 2.88. The van der Waals surface area contributed by atoms with Gasteiger partial charge in [0.15, 0.2) is 11.5 Å². The van der Waals surface area contributed by atoms with Crippen molar-refractivity contribution in [3.8, 4) is 11.5 Å². The van der Waals surface area contributed by atoms with Crippen molar-refractivity contribution < 1.29 is 19.1 Å². The molecule has 25 heavy (non-hydrogen) atoms. The average Bonchev–Trinajstić information content (AvgIpc) is 2.59. The summed E-state index contributed by atoms with van der Waals surface area (Å²) in [5.74, 6) is 1.23. The lowest BCUT2D eigenvalue weighted by molar-refractivity contribution is -0.134. The summed E-state index contributed by atoms with van der Waals surface area (Å²) in [6.07, 6.45) is 0.524. The van der Waals surface area contributed by atoms with E-state index in [1.54, 1.807) is 37.3 Å². The monoisotopic (exact) mass is 348 g/mol. The van der Waals surface area contributed by atoms with Gasteiger partial charge in [0, 0.05) is 38.2 Å². The maximum atomic E-state index is 12.7. The molecule has 1 heterocycles. The molecule has 0 atom stereocenters. The summed E-state index contributed by atoms with van der Waals surface area (Å²) in [6, 6.07) is 5.16. The minimum absolute atomic E-state index is 0.0241. The molecule has 138 valence electrons. The first-order chi connectivity index (χ1) is 11.7. The van der Waals surface area contributed by atoms with Gasteiger partial charge < -0.3 is 19.3 Å². The van der Waals surface area contributed by atoms with Gasteiger partial charge in [0.25, 0.3) is 5.91 Å². The van der Waals surface area contributed by atoms with Crippen molar-refractivity contribution in [2.24, 2.45) is 5.41 Å². The lowest BCUT2D eigenvalue weighted by Gasteiger charge is -2.36. The molecular formula is C19H28N2O4. The van der Waals surface area contributed by atoms with Crippen LogP contribution in [0.25, 0.3) is 0 Å². The summed E-state index contributed by atoms with van der Waals surface area (Å²) in [4.78, 5) is 28.6. The number of amides is 2. The molecule has 0 bridgehead atoms. The van der Waals surface area contributed by atoms with Crippen LogP contribution in [0.3, 0.4) is 0 Å². The number of hydrogen-bond donors (Lipinski definition) is 0. The van der Waals surface area contributed by atoms with Gasteiger partial charge in [-0.3, -0.25) is 9.59 Å². The van der Waals surface area contributed by atoms with Crippen LogP contribution in [0.15, 0.2) is 18.2 Å². The fourth-order valence-corrected chi connectivity index (χ4v) is 2.88. The predicted molar refractivity (Wildman–Crippen MR) is 96.1 cm³/mol. The highest BCUT2D eigenvalue weighted by molar-refractivity contribution is 5.95. The van der Waals surface area contributed by atoms with Crippen molar-refractivity contribution in [2.75, 3.05) is 40.4 Å². The largest absolute Gasteiger partial charge is 0.493 e. The Morgan fingerprint density at radius 1 is 0.960 bits per heavy atom. The van der Waals surface area contributed by atoms with Gasteiger partial charge in [-0.25, -0.2) is 0 Å². The van der Waals surface area contributed by atoms with E-state index in [9.17, 15) is 9.59 Å². The van der Waals surface area contributed by atoms with Gasteiger partial charge in [0.05, 0.1) is 14.2 Å². The number of carbonyl (C=O) groups excluding carboxylic acids is 2. The maximum Gasteiger partial charge on any atom is 0.254 e. The van der Waals surface area contributed by atoms with Crippen LogP contribution in [0, 0.1) is 5.41 Å². The topological polar surface area (TPSA) is 59.1 Å². The second kappa shape index (κ2) is 7.76. The highest BCUT2D eigenvalue weighted by atomic mass is 16.5. The Bertz CT molecular complexity index is 629. The van der Waals surface area contributed by atoms with E-state index >= 15 is 0 Å². The minimum atomic E-state index is -0.0520. The Labute approximate surface area is 149 Å². The third kappa shape index (κ3) is 4.87. The van der Waals surface area contributed by atoms with E-state index in [1.807, 2.05) is 4.90 Å². The number of rotatable bonds is 4. The first-order valence-corrected chi connectivity index (χ1v) is 8.54. The Morgan fingerprint density at radius 3 is 2.04 bits per heavy atom. The van der Waals surface area contributed by atoms with Crippen LogP contribution in [0.2, 0.25) is 0 Å². The molecule has 0 radical (unpaired) electrons. The van der Waals surface area contributed by atoms with Crippen LogP contribution in [0.1, 0.15) is 37.6 Å². The standard InChI is InChI=1S/C19H28N2O4/c1-19(2,3)13-17(22)20-8-10-21(11-9-20)18(23)14-6-7-15(24-4)16(12-14)25-5/h6-7,12H,8-11,13H2,1-5H3. The van der Waals surface area contributed by atoms with Gasteiger partial charge in [0.2, 0.25) is 5.91 Å². The van der Waals surface area contributed by atoms with E-state index < -0.39 is 0 Å². The summed E-state index contributed by atoms with van der Waals surface area (Å²) in [5.41, 5.74) is 0.538. The lowest BCUT2D eigenvalue weighted by Crippen LogP contribution is -2.51. The molecule has 0 unspecified atom stereocenters. The fraction of sp³-hybridized carbons (Fsp3) is 0.579. The van der Waals surface area contributed by atoms with Crippen molar-refractivity contribution in [3.05, 3.63) is 23.8 Å². The molecule has 2 amide bonds. The van der Waals surface area contributed by atoms with Crippen LogP contribution in [0.5, 0.6) is 11.5 Å². The Hall–Kier alpha value is -2.24. The minimum Gasteiger partial charge on any atom is -0.493 e. The normalized spacial score (nSPS) is 15.1. The van der Waals surface area contributed by atoms with E-state index in [2.05, 4.69) is 20.8 Å². The summed E-state index contributed by atoms with van der Waals surface area (Å²) in [7, 11) is 3.11. The lowest BCUT2D eigenvalue weighted by atomic mass is 9.91. The second-order valence-corrected chi connectivity index (χ2v) is 7.48. The zero-order chi connectivity index (χ0) is 18.6. The van der Waals surface area contributed by atoms with Gasteiger partial charge in [-0.15, -0.1) is 0 Å². The summed E-state index contributed by atoms with van der Waals surface area (Å²) in [6.45, 7) is 8.42. The molecule has 0 saturated carbocycles. The number of methoxy groups -OCH3 is 2. The molecule has 1 saturated heterocycles. The average molecular weight is 348 g/mol. The number of piperazine rings is 1. The SMILES string of the molecule is COc1ccc(C(=O)N2CCN(C(=O)CC(C)(C)C)CC2)cc1OC. The molecule has 1 fully saturated rings. The van der Waals surface area contributed by atoms with E-state index in [0.29, 0.717) is 49.7 Å². The van der Waals surface area contributed by atoms with Crippen molar-refractivity contribution in [1.29, 1.82) is 0 Å². The first kappa shape index (κ1) is 19.1. The van der Waals surface area contributed by atoms with Crippen molar-refractivity contribution in [3.63, 3.8) is 0 Å². The number of ether oxygens (including phenoxy) is 2. The molecule has 0 aliphatic carbocycles. The van der Waals surface area contributed by atoms with Crippen molar-refractivity contribution >= 4 is 11.8 Å². The number of nitrogens with zero attached hydrogens (tertiary/aromatic N) is 2. The third-order valence-electron chi connectivity index (χ3n) is 4.23. The van der Waals surface area contributed by atoms with Gasteiger partial charge in [-0.1, -0.05) is 20.8 Å². The zero-order valence-corrected chi connectivity index (χ0v) is 15.8. The van der Waals surface area contributed by atoms with E-state index in [0.717, 1.165) is 0 Å². The van der Waals surface area contributed by atoms with Crippen molar-refractivity contribution in [1.82, 2.24) is 9.80 Å². The quantitative estimate of drug-likeness (QED) is 0.838. The summed E-state index contributed by atoms with van der Waals surface area (Å²) < 4.78 is 10.5. The second-order valence-electron chi connectivity index (χ2n) is 7.48. The van der Waals surface area contributed by atoms with Crippen LogP contribution in [0.4, 0.5) is 0 Å². The van der Waals surface area contributed by atoms with Crippen LogP contribution >= 0.6 is 0 Å². The molecule has 6 nitrogen and oxygen atoms in total. The van der Waals surface area contributed by atoms with Gasteiger partial charge >= 0.3 is 0 Å². The number of hydrogen-bond acceptors (Lipinski definition) is 4. The van der Waals surface area contributed by atoms with E-state index in [1.165, 1.54) is 0 Å². The molecule has 2 rings (SSSR count). The molecule has 1 aliphatic rings. The third-order valence-corrected chi connectivity index (χ3v) is 4.23. The van der Waals surface area contributed by atoms with Gasteiger partial charge in [-0.05, 0) is 23.6 Å². The summed E-state index contributed by atoms with van der Waals surface area (Å²) >= 11 is 0. The summed E-state index contributed by atoms with van der Waals surface area (Å²) in [5, 5.41) is 0. The van der Waals surface area contributed by atoms with Crippen LogP contribution in [-0.2, 0) is 4.79 Å². The van der Waals surface area contributed by atoms with Crippen LogP contribution < -0.4 is 9.47 Å². The van der Waals surface area contributed by atoms with Gasteiger partial charge in [0.1, 0.15) is 0 Å². The highest BCUT2D eigenvalue weighted by Gasteiger charge is 2.27. The molecule has 0 aromatic heterocycles. The Kier molecular flexibility index (Phi) is 5.93. The first-order valence-electron chi connectivity index (χ1n) is 8.54. The molecule has 0 N–H and O–H groups in total.